The lowest BCUT2D eigenvalue weighted by atomic mass is 10.0. The lowest BCUT2D eigenvalue weighted by Crippen LogP contribution is -2.39. The van der Waals surface area contributed by atoms with E-state index in [0.717, 1.165) is 11.1 Å². The Labute approximate surface area is 156 Å². The molecule has 2 rings (SSSR count). The van der Waals surface area contributed by atoms with Gasteiger partial charge < -0.3 is 14.8 Å². The molecule has 0 bridgehead atoms. The molecule has 0 aliphatic heterocycles. The van der Waals surface area contributed by atoms with Crippen LogP contribution in [-0.4, -0.2) is 37.9 Å². The third kappa shape index (κ3) is 8.13. The van der Waals surface area contributed by atoms with Gasteiger partial charge in [0.1, 0.15) is 12.4 Å². The number of carbonyl (C=O) groups is 1. The van der Waals surface area contributed by atoms with Crippen molar-refractivity contribution in [1.82, 2.24) is 5.32 Å². The van der Waals surface area contributed by atoms with Gasteiger partial charge in [-0.25, -0.2) is 0 Å². The zero-order valence-corrected chi connectivity index (χ0v) is 15.0. The summed E-state index contributed by atoms with van der Waals surface area (Å²) in [6.45, 7) is -0.223. The van der Waals surface area contributed by atoms with Crippen LogP contribution in [0.1, 0.15) is 18.1 Å². The van der Waals surface area contributed by atoms with Gasteiger partial charge in [-0.1, -0.05) is 48.5 Å². The molecule has 2 aromatic rings. The van der Waals surface area contributed by atoms with Gasteiger partial charge in [-0.3, -0.25) is 4.79 Å². The van der Waals surface area contributed by atoms with E-state index in [1.165, 1.54) is 0 Å². The number of amides is 1. The molecule has 0 spiro atoms. The minimum atomic E-state index is -4.38. The van der Waals surface area contributed by atoms with Crippen LogP contribution in [-0.2, 0) is 16.0 Å². The molecule has 2 aromatic carbocycles. The summed E-state index contributed by atoms with van der Waals surface area (Å²) in [4.78, 5) is 11.9. The average Bonchev–Trinajstić information content (AvgIpc) is 2.61. The largest absolute Gasteiger partial charge is 0.483 e. The quantitative estimate of drug-likeness (QED) is 0.720. The zero-order valence-electron chi connectivity index (χ0n) is 15.0. The second-order valence-electron chi connectivity index (χ2n) is 6.16. The molecule has 7 heteroatoms. The number of halogens is 3. The Balaban J connectivity index is 1.81. The van der Waals surface area contributed by atoms with Gasteiger partial charge in [-0.15, -0.1) is 0 Å². The molecule has 0 heterocycles. The number of ether oxygens (including phenoxy) is 2. The van der Waals surface area contributed by atoms with Crippen molar-refractivity contribution in [3.63, 3.8) is 0 Å². The molecular formula is C20H22F3NO3. The first kappa shape index (κ1) is 20.8. The minimum Gasteiger partial charge on any atom is -0.483 e. The highest BCUT2D eigenvalue weighted by molar-refractivity contribution is 5.77. The third-order valence-corrected chi connectivity index (χ3v) is 3.61. The van der Waals surface area contributed by atoms with Crippen LogP contribution in [0.2, 0.25) is 0 Å². The van der Waals surface area contributed by atoms with Crippen molar-refractivity contribution in [2.45, 2.75) is 25.6 Å². The van der Waals surface area contributed by atoms with E-state index in [0.29, 0.717) is 12.2 Å². The normalized spacial score (nSPS) is 12.4. The highest BCUT2D eigenvalue weighted by Gasteiger charge is 2.27. The Morgan fingerprint density at radius 2 is 1.74 bits per heavy atom. The highest BCUT2D eigenvalue weighted by atomic mass is 19.4. The second-order valence-corrected chi connectivity index (χ2v) is 6.16. The first-order chi connectivity index (χ1) is 12.8. The van der Waals surface area contributed by atoms with Crippen molar-refractivity contribution < 1.29 is 27.4 Å². The van der Waals surface area contributed by atoms with E-state index in [2.05, 4.69) is 10.1 Å². The number of benzene rings is 2. The Morgan fingerprint density at radius 3 is 2.44 bits per heavy atom. The van der Waals surface area contributed by atoms with Gasteiger partial charge >= 0.3 is 6.18 Å². The van der Waals surface area contributed by atoms with Crippen LogP contribution in [0.4, 0.5) is 13.2 Å². The Hall–Kier alpha value is -2.54. The molecule has 146 valence electrons. The van der Waals surface area contributed by atoms with Gasteiger partial charge in [0.05, 0.1) is 6.61 Å². The van der Waals surface area contributed by atoms with Crippen LogP contribution in [0, 0.1) is 0 Å². The van der Waals surface area contributed by atoms with Crippen LogP contribution in [0.15, 0.2) is 54.6 Å². The molecule has 1 amide bonds. The fraction of sp³-hybridized carbons (Fsp3) is 0.350. The van der Waals surface area contributed by atoms with E-state index >= 15 is 0 Å². The smallest absolute Gasteiger partial charge is 0.411 e. The number of nitrogens with one attached hydrogen (secondary N) is 1. The number of rotatable bonds is 9. The number of carbonyl (C=O) groups excluding carboxylic acids is 1. The summed E-state index contributed by atoms with van der Waals surface area (Å²) in [5.41, 5.74) is 2.06. The van der Waals surface area contributed by atoms with E-state index < -0.39 is 24.7 Å². The number of alkyl halides is 3. The second kappa shape index (κ2) is 9.97. The standard InChI is InChI=1S/C20H22F3NO3/c1-15(12-26-14-20(21,22)23)24-19(25)13-27-18-10-6-5-9-17(18)11-16-7-3-2-4-8-16/h2-10,15H,11-14H2,1H3,(H,24,25). The fourth-order valence-electron chi connectivity index (χ4n) is 2.46. The van der Waals surface area contributed by atoms with Crippen molar-refractivity contribution in [3.8, 4) is 5.75 Å². The van der Waals surface area contributed by atoms with Gasteiger partial charge in [0, 0.05) is 12.5 Å². The molecule has 1 unspecified atom stereocenters. The topological polar surface area (TPSA) is 47.6 Å². The molecule has 0 saturated carbocycles. The van der Waals surface area contributed by atoms with Gasteiger partial charge in [-0.05, 0) is 24.1 Å². The van der Waals surface area contributed by atoms with Crippen LogP contribution in [0.25, 0.3) is 0 Å². The molecule has 1 N–H and O–H groups in total. The van der Waals surface area contributed by atoms with Gasteiger partial charge in [0.25, 0.3) is 5.91 Å². The van der Waals surface area contributed by atoms with Crippen LogP contribution < -0.4 is 10.1 Å². The molecule has 4 nitrogen and oxygen atoms in total. The Kier molecular flexibility index (Phi) is 7.67. The maximum absolute atomic E-state index is 12.0. The van der Waals surface area contributed by atoms with E-state index in [-0.39, 0.29) is 13.2 Å². The number of para-hydroxylation sites is 1. The van der Waals surface area contributed by atoms with Gasteiger partial charge in [0.15, 0.2) is 6.61 Å². The summed E-state index contributed by atoms with van der Waals surface area (Å²) >= 11 is 0. The zero-order chi connectivity index (χ0) is 19.7. The van der Waals surface area contributed by atoms with E-state index in [4.69, 9.17) is 4.74 Å². The molecule has 0 aromatic heterocycles. The summed E-state index contributed by atoms with van der Waals surface area (Å²) < 4.78 is 46.2. The average molecular weight is 381 g/mol. The van der Waals surface area contributed by atoms with E-state index in [9.17, 15) is 18.0 Å². The SMILES string of the molecule is CC(COCC(F)(F)F)NC(=O)COc1ccccc1Cc1ccccc1. The number of hydrogen-bond donors (Lipinski definition) is 1. The predicted octanol–water partition coefficient (Wildman–Crippen LogP) is 3.74. The Bertz CT molecular complexity index is 720. The maximum Gasteiger partial charge on any atom is 0.411 e. The van der Waals surface area contributed by atoms with Crippen molar-refractivity contribution in [3.05, 3.63) is 65.7 Å². The molecule has 0 saturated heterocycles. The minimum absolute atomic E-state index is 0.226. The van der Waals surface area contributed by atoms with E-state index in [1.807, 2.05) is 48.5 Å². The number of hydrogen-bond acceptors (Lipinski definition) is 3. The van der Waals surface area contributed by atoms with Gasteiger partial charge in [-0.2, -0.15) is 13.2 Å². The van der Waals surface area contributed by atoms with Crippen molar-refractivity contribution in [2.75, 3.05) is 19.8 Å². The lowest BCUT2D eigenvalue weighted by molar-refractivity contribution is -0.175. The molecule has 27 heavy (non-hydrogen) atoms. The maximum atomic E-state index is 12.0. The first-order valence-corrected chi connectivity index (χ1v) is 8.52. The van der Waals surface area contributed by atoms with Crippen LogP contribution >= 0.6 is 0 Å². The summed E-state index contributed by atoms with van der Waals surface area (Å²) in [6, 6.07) is 16.7. The third-order valence-electron chi connectivity index (χ3n) is 3.61. The molecule has 0 aliphatic carbocycles. The van der Waals surface area contributed by atoms with Crippen molar-refractivity contribution in [2.24, 2.45) is 0 Å². The molecule has 1 atom stereocenters. The fourth-order valence-corrected chi connectivity index (χ4v) is 2.46. The summed E-state index contributed by atoms with van der Waals surface area (Å²) in [7, 11) is 0. The van der Waals surface area contributed by atoms with Crippen molar-refractivity contribution >= 4 is 5.91 Å². The van der Waals surface area contributed by atoms with Crippen LogP contribution in [0.3, 0.4) is 0 Å². The molecule has 0 radical (unpaired) electrons. The van der Waals surface area contributed by atoms with Crippen LogP contribution in [0.5, 0.6) is 5.75 Å². The Morgan fingerprint density at radius 1 is 1.07 bits per heavy atom. The predicted molar refractivity (Wildman–Crippen MR) is 95.7 cm³/mol. The highest BCUT2D eigenvalue weighted by Crippen LogP contribution is 2.21. The van der Waals surface area contributed by atoms with E-state index in [1.54, 1.807) is 13.0 Å². The lowest BCUT2D eigenvalue weighted by Gasteiger charge is -2.16. The van der Waals surface area contributed by atoms with Crippen molar-refractivity contribution in [1.29, 1.82) is 0 Å². The summed E-state index contributed by atoms with van der Waals surface area (Å²) in [5, 5.41) is 2.55. The molecular weight excluding hydrogens is 359 g/mol. The summed E-state index contributed by atoms with van der Waals surface area (Å²) in [5.74, 6) is 0.171. The first-order valence-electron chi connectivity index (χ1n) is 8.52. The molecule has 0 fully saturated rings. The molecule has 0 aliphatic rings. The monoisotopic (exact) mass is 381 g/mol. The summed E-state index contributed by atoms with van der Waals surface area (Å²) in [6.07, 6.45) is -3.71. The van der Waals surface area contributed by atoms with Gasteiger partial charge in [0.2, 0.25) is 0 Å².